The lowest BCUT2D eigenvalue weighted by Gasteiger charge is -2.26. The van der Waals surface area contributed by atoms with Gasteiger partial charge in [-0.1, -0.05) is 37.5 Å². The highest BCUT2D eigenvalue weighted by atomic mass is 16.3. The lowest BCUT2D eigenvalue weighted by molar-refractivity contribution is 0.0973. The van der Waals surface area contributed by atoms with Crippen molar-refractivity contribution >= 4 is 10.9 Å². The number of aliphatic hydroxyl groups is 1. The Hall–Kier alpha value is -1.40. The van der Waals surface area contributed by atoms with Crippen LogP contribution in [0.2, 0.25) is 0 Å². The molecule has 0 bridgehead atoms. The molecular weight excluding hydrogens is 288 g/mol. The Morgan fingerprint density at radius 2 is 1.96 bits per heavy atom. The average molecular weight is 316 g/mol. The molecule has 2 aromatic rings. The van der Waals surface area contributed by atoms with Gasteiger partial charge in [-0.15, -0.1) is 0 Å². The number of nitrogens with one attached hydrogen (secondary N) is 1. The molecule has 1 aliphatic rings. The first-order valence-corrected chi connectivity index (χ1v) is 8.66. The molecule has 2 atom stereocenters. The van der Waals surface area contributed by atoms with Crippen molar-refractivity contribution < 1.29 is 5.11 Å². The van der Waals surface area contributed by atoms with Gasteiger partial charge in [0.05, 0.1) is 6.54 Å². The summed E-state index contributed by atoms with van der Waals surface area (Å²) in [7, 11) is 0. The van der Waals surface area contributed by atoms with Crippen LogP contribution in [-0.4, -0.2) is 28.5 Å². The monoisotopic (exact) mass is 316 g/mol. The SMILES string of the molecule is NCC(N)c1cn(CC(O)NC2CCCCC2)c2ccccc12. The molecule has 0 aliphatic heterocycles. The van der Waals surface area contributed by atoms with Gasteiger partial charge in [-0.25, -0.2) is 0 Å². The summed E-state index contributed by atoms with van der Waals surface area (Å²) in [5.41, 5.74) is 14.0. The van der Waals surface area contributed by atoms with E-state index in [9.17, 15) is 5.11 Å². The van der Waals surface area contributed by atoms with Gasteiger partial charge in [0.1, 0.15) is 6.23 Å². The van der Waals surface area contributed by atoms with E-state index in [-0.39, 0.29) is 6.04 Å². The minimum atomic E-state index is -0.546. The quantitative estimate of drug-likeness (QED) is 0.612. The molecule has 1 aromatic carbocycles. The predicted molar refractivity (Wildman–Crippen MR) is 93.9 cm³/mol. The van der Waals surface area contributed by atoms with Crippen LogP contribution < -0.4 is 16.8 Å². The number of fused-ring (bicyclic) bond motifs is 1. The lowest BCUT2D eigenvalue weighted by atomic mass is 9.95. The highest BCUT2D eigenvalue weighted by molar-refractivity contribution is 5.84. The Bertz CT molecular complexity index is 633. The van der Waals surface area contributed by atoms with Gasteiger partial charge in [0.2, 0.25) is 0 Å². The van der Waals surface area contributed by atoms with Crippen LogP contribution in [0.4, 0.5) is 0 Å². The number of nitrogens with two attached hydrogens (primary N) is 2. The van der Waals surface area contributed by atoms with E-state index in [1.165, 1.54) is 19.3 Å². The molecule has 6 N–H and O–H groups in total. The van der Waals surface area contributed by atoms with Gasteiger partial charge in [0, 0.05) is 35.7 Å². The first kappa shape index (κ1) is 16.5. The van der Waals surface area contributed by atoms with Crippen LogP contribution >= 0.6 is 0 Å². The zero-order valence-corrected chi connectivity index (χ0v) is 13.6. The Morgan fingerprint density at radius 3 is 2.70 bits per heavy atom. The van der Waals surface area contributed by atoms with E-state index in [0.29, 0.717) is 19.1 Å². The van der Waals surface area contributed by atoms with Crippen molar-refractivity contribution in [3.63, 3.8) is 0 Å². The fourth-order valence-corrected chi connectivity index (χ4v) is 3.63. The van der Waals surface area contributed by atoms with Crippen LogP contribution in [0.5, 0.6) is 0 Å². The van der Waals surface area contributed by atoms with Crippen LogP contribution in [0.25, 0.3) is 10.9 Å². The fraction of sp³-hybridized carbons (Fsp3) is 0.556. The van der Waals surface area contributed by atoms with Gasteiger partial charge in [-0.05, 0) is 24.5 Å². The molecule has 0 amide bonds. The van der Waals surface area contributed by atoms with E-state index >= 15 is 0 Å². The van der Waals surface area contributed by atoms with Crippen molar-refractivity contribution in [3.05, 3.63) is 36.0 Å². The van der Waals surface area contributed by atoms with Gasteiger partial charge in [0.25, 0.3) is 0 Å². The number of para-hydroxylation sites is 1. The van der Waals surface area contributed by atoms with Gasteiger partial charge in [-0.2, -0.15) is 0 Å². The molecule has 1 aliphatic carbocycles. The lowest BCUT2D eigenvalue weighted by Crippen LogP contribution is -2.41. The van der Waals surface area contributed by atoms with E-state index in [0.717, 1.165) is 29.3 Å². The number of benzene rings is 1. The van der Waals surface area contributed by atoms with Crippen LogP contribution in [-0.2, 0) is 6.54 Å². The zero-order chi connectivity index (χ0) is 16.2. The van der Waals surface area contributed by atoms with Gasteiger partial charge < -0.3 is 21.1 Å². The molecule has 2 unspecified atom stereocenters. The molecule has 0 saturated heterocycles. The normalized spacial score (nSPS) is 19.1. The number of hydrogen-bond donors (Lipinski definition) is 4. The van der Waals surface area contributed by atoms with Crippen molar-refractivity contribution in [2.75, 3.05) is 6.54 Å². The summed E-state index contributed by atoms with van der Waals surface area (Å²) < 4.78 is 2.08. The number of aliphatic hydroxyl groups excluding tert-OH is 1. The summed E-state index contributed by atoms with van der Waals surface area (Å²) in [6, 6.07) is 8.41. The highest BCUT2D eigenvalue weighted by Crippen LogP contribution is 2.25. The molecule has 5 nitrogen and oxygen atoms in total. The zero-order valence-electron chi connectivity index (χ0n) is 13.6. The van der Waals surface area contributed by atoms with Crippen molar-refractivity contribution in [2.24, 2.45) is 11.5 Å². The van der Waals surface area contributed by atoms with E-state index in [1.54, 1.807) is 0 Å². The van der Waals surface area contributed by atoms with E-state index in [2.05, 4.69) is 22.0 Å². The van der Waals surface area contributed by atoms with E-state index in [4.69, 9.17) is 11.5 Å². The first-order chi connectivity index (χ1) is 11.2. The Balaban J connectivity index is 1.76. The third-order valence-corrected chi connectivity index (χ3v) is 4.88. The summed E-state index contributed by atoms with van der Waals surface area (Å²) in [6.45, 7) is 0.936. The molecule has 1 aromatic heterocycles. The third-order valence-electron chi connectivity index (χ3n) is 4.88. The van der Waals surface area contributed by atoms with Crippen LogP contribution in [0.1, 0.15) is 43.7 Å². The number of rotatable bonds is 6. The maximum Gasteiger partial charge on any atom is 0.123 e. The molecule has 5 heteroatoms. The minimum absolute atomic E-state index is 0.176. The van der Waals surface area contributed by atoms with Crippen molar-refractivity contribution in [1.82, 2.24) is 9.88 Å². The van der Waals surface area contributed by atoms with Crippen molar-refractivity contribution in [2.45, 2.75) is 57.0 Å². The second-order valence-electron chi connectivity index (χ2n) is 6.61. The van der Waals surface area contributed by atoms with Crippen molar-refractivity contribution in [1.29, 1.82) is 0 Å². The summed E-state index contributed by atoms with van der Waals surface area (Å²) in [5.74, 6) is 0. The predicted octanol–water partition coefficient (Wildman–Crippen LogP) is 1.84. The standard InChI is InChI=1S/C18H28N4O/c19-10-16(20)15-11-22(17-9-5-4-8-14(15)17)12-18(23)21-13-6-2-1-3-7-13/h4-5,8-9,11,13,16,18,21,23H,1-3,6-7,10,12,19-20H2. The smallest absolute Gasteiger partial charge is 0.123 e. The van der Waals surface area contributed by atoms with Gasteiger partial charge >= 0.3 is 0 Å². The maximum absolute atomic E-state index is 10.4. The van der Waals surface area contributed by atoms with E-state index in [1.807, 2.05) is 18.3 Å². The molecular formula is C18H28N4O. The Kier molecular flexibility index (Phi) is 5.33. The topological polar surface area (TPSA) is 89.2 Å². The van der Waals surface area contributed by atoms with Gasteiger partial charge in [0.15, 0.2) is 0 Å². The van der Waals surface area contributed by atoms with Crippen LogP contribution in [0.15, 0.2) is 30.5 Å². The number of aromatic nitrogens is 1. The molecule has 1 saturated carbocycles. The number of hydrogen-bond acceptors (Lipinski definition) is 4. The fourth-order valence-electron chi connectivity index (χ4n) is 3.63. The highest BCUT2D eigenvalue weighted by Gasteiger charge is 2.18. The summed E-state index contributed by atoms with van der Waals surface area (Å²) >= 11 is 0. The second kappa shape index (κ2) is 7.45. The molecule has 23 heavy (non-hydrogen) atoms. The van der Waals surface area contributed by atoms with Crippen LogP contribution in [0, 0.1) is 0 Å². The summed E-state index contributed by atoms with van der Waals surface area (Å²) in [4.78, 5) is 0. The molecule has 3 rings (SSSR count). The Morgan fingerprint density at radius 1 is 1.22 bits per heavy atom. The van der Waals surface area contributed by atoms with Gasteiger partial charge in [-0.3, -0.25) is 5.32 Å². The van der Waals surface area contributed by atoms with Crippen LogP contribution in [0.3, 0.4) is 0 Å². The largest absolute Gasteiger partial charge is 0.377 e. The van der Waals surface area contributed by atoms with E-state index < -0.39 is 6.23 Å². The first-order valence-electron chi connectivity index (χ1n) is 8.66. The molecule has 0 spiro atoms. The third kappa shape index (κ3) is 3.75. The summed E-state index contributed by atoms with van der Waals surface area (Å²) in [5, 5.41) is 14.9. The molecule has 0 radical (unpaired) electrons. The second-order valence-corrected chi connectivity index (χ2v) is 6.61. The maximum atomic E-state index is 10.4. The van der Waals surface area contributed by atoms with Crippen molar-refractivity contribution in [3.8, 4) is 0 Å². The minimum Gasteiger partial charge on any atom is -0.377 e. The molecule has 1 heterocycles. The molecule has 126 valence electrons. The average Bonchev–Trinajstić information content (AvgIpc) is 2.94. The Labute approximate surface area is 137 Å². The summed E-state index contributed by atoms with van der Waals surface area (Å²) in [6.07, 6.45) is 7.64. The molecule has 1 fully saturated rings. The number of nitrogens with zero attached hydrogens (tertiary/aromatic N) is 1.